The Balaban J connectivity index is 2.24. The molecule has 17 heavy (non-hydrogen) atoms. The van der Waals surface area contributed by atoms with E-state index in [4.69, 9.17) is 17.3 Å². The van der Waals surface area contributed by atoms with Gasteiger partial charge in [0.25, 0.3) is 0 Å². The highest BCUT2D eigenvalue weighted by Gasteiger charge is 2.26. The van der Waals surface area contributed by atoms with Crippen LogP contribution >= 0.6 is 27.5 Å². The summed E-state index contributed by atoms with van der Waals surface area (Å²) < 4.78 is 0.909. The van der Waals surface area contributed by atoms with Crippen molar-refractivity contribution in [1.82, 2.24) is 4.98 Å². The van der Waals surface area contributed by atoms with E-state index in [1.165, 1.54) is 6.42 Å². The van der Waals surface area contributed by atoms with E-state index < -0.39 is 0 Å². The highest BCUT2D eigenvalue weighted by Crippen LogP contribution is 2.32. The summed E-state index contributed by atoms with van der Waals surface area (Å²) in [5.74, 6) is 1.42. The van der Waals surface area contributed by atoms with Gasteiger partial charge in [-0.1, -0.05) is 11.6 Å². The predicted molar refractivity (Wildman–Crippen MR) is 75.5 cm³/mol. The molecule has 0 spiro atoms. The second-order valence-electron chi connectivity index (χ2n) is 4.64. The van der Waals surface area contributed by atoms with E-state index in [0.29, 0.717) is 17.0 Å². The fourth-order valence-corrected chi connectivity index (χ4v) is 3.03. The molecule has 2 atom stereocenters. The molecule has 2 heterocycles. The number of hydrogen-bond donors (Lipinski definition) is 1. The molecule has 94 valence electrons. The summed E-state index contributed by atoms with van der Waals surface area (Å²) in [7, 11) is 0. The number of nitrogens with two attached hydrogens (primary N) is 1. The van der Waals surface area contributed by atoms with Crippen molar-refractivity contribution in [3.63, 3.8) is 0 Å². The molecule has 1 aliphatic heterocycles. The maximum atomic E-state index is 6.25. The van der Waals surface area contributed by atoms with Gasteiger partial charge in [0.1, 0.15) is 5.82 Å². The van der Waals surface area contributed by atoms with E-state index in [1.807, 2.05) is 6.07 Å². The van der Waals surface area contributed by atoms with Crippen LogP contribution in [0.15, 0.2) is 16.7 Å². The largest absolute Gasteiger partial charge is 0.352 e. The number of nitrogens with zero attached hydrogens (tertiary/aromatic N) is 2. The summed E-state index contributed by atoms with van der Waals surface area (Å²) in [6, 6.07) is 2.37. The van der Waals surface area contributed by atoms with Crippen molar-refractivity contribution >= 4 is 33.3 Å². The zero-order valence-corrected chi connectivity index (χ0v) is 12.2. The van der Waals surface area contributed by atoms with Gasteiger partial charge in [-0.3, -0.25) is 0 Å². The lowest BCUT2D eigenvalue weighted by Gasteiger charge is -2.38. The molecule has 1 aliphatic rings. The molecule has 0 bridgehead atoms. The molecule has 3 nitrogen and oxygen atoms in total. The summed E-state index contributed by atoms with van der Waals surface area (Å²) >= 11 is 9.63. The van der Waals surface area contributed by atoms with Crippen LogP contribution in [0.3, 0.4) is 0 Å². The van der Waals surface area contributed by atoms with Crippen LogP contribution in [0.2, 0.25) is 5.02 Å². The van der Waals surface area contributed by atoms with Gasteiger partial charge < -0.3 is 10.6 Å². The Hall–Kier alpha value is -0.320. The third-order valence-corrected chi connectivity index (χ3v) is 4.09. The van der Waals surface area contributed by atoms with Gasteiger partial charge in [-0.2, -0.15) is 0 Å². The maximum Gasteiger partial charge on any atom is 0.147 e. The molecule has 2 unspecified atom stereocenters. The average molecular weight is 319 g/mol. The van der Waals surface area contributed by atoms with Crippen LogP contribution in [0.25, 0.3) is 0 Å². The predicted octanol–water partition coefficient (Wildman–Crippen LogP) is 3.06. The normalized spacial score (nSPS) is 25.1. The van der Waals surface area contributed by atoms with Gasteiger partial charge in [0.2, 0.25) is 0 Å². The topological polar surface area (TPSA) is 42.1 Å². The summed E-state index contributed by atoms with van der Waals surface area (Å²) in [6.07, 6.45) is 4.14. The minimum atomic E-state index is 0.476. The molecule has 0 amide bonds. The van der Waals surface area contributed by atoms with E-state index in [1.54, 1.807) is 6.20 Å². The first-order valence-corrected chi connectivity index (χ1v) is 7.06. The number of pyridine rings is 1. The Kier molecular flexibility index (Phi) is 4.28. The van der Waals surface area contributed by atoms with Gasteiger partial charge in [-0.25, -0.2) is 4.98 Å². The minimum Gasteiger partial charge on any atom is -0.352 e. The van der Waals surface area contributed by atoms with E-state index in [9.17, 15) is 0 Å². The van der Waals surface area contributed by atoms with E-state index in [2.05, 4.69) is 32.7 Å². The van der Waals surface area contributed by atoms with Gasteiger partial charge >= 0.3 is 0 Å². The van der Waals surface area contributed by atoms with Crippen LogP contribution < -0.4 is 10.6 Å². The molecule has 2 N–H and O–H groups in total. The molecule has 1 aromatic rings. The van der Waals surface area contributed by atoms with Gasteiger partial charge in [0.05, 0.1) is 5.02 Å². The van der Waals surface area contributed by atoms with Crippen LogP contribution in [0.5, 0.6) is 0 Å². The van der Waals surface area contributed by atoms with Crippen molar-refractivity contribution in [3.8, 4) is 0 Å². The van der Waals surface area contributed by atoms with Gasteiger partial charge in [-0.05, 0) is 54.2 Å². The lowest BCUT2D eigenvalue weighted by atomic mass is 9.93. The van der Waals surface area contributed by atoms with E-state index >= 15 is 0 Å². The van der Waals surface area contributed by atoms with E-state index in [0.717, 1.165) is 29.8 Å². The van der Waals surface area contributed by atoms with Gasteiger partial charge in [0.15, 0.2) is 0 Å². The number of anilines is 1. The van der Waals surface area contributed by atoms with Crippen molar-refractivity contribution < 1.29 is 0 Å². The Morgan fingerprint density at radius 3 is 3.00 bits per heavy atom. The second kappa shape index (κ2) is 5.55. The molecule has 1 aromatic heterocycles. The average Bonchev–Trinajstić information content (AvgIpc) is 2.30. The van der Waals surface area contributed by atoms with Crippen LogP contribution in [0.1, 0.15) is 19.8 Å². The Morgan fingerprint density at radius 2 is 2.35 bits per heavy atom. The van der Waals surface area contributed by atoms with Crippen molar-refractivity contribution in [2.75, 3.05) is 18.0 Å². The van der Waals surface area contributed by atoms with Crippen molar-refractivity contribution in [3.05, 3.63) is 21.8 Å². The standard InChI is InChI=1S/C12H17BrClN3/c1-8-2-3-9(5-15)7-17(8)12-11(14)4-10(13)6-16-12/h4,6,8-9H,2-3,5,7,15H2,1H3. The SMILES string of the molecule is CC1CCC(CN)CN1c1ncc(Br)cc1Cl. The summed E-state index contributed by atoms with van der Waals surface area (Å²) in [5.41, 5.74) is 5.76. The molecule has 1 saturated heterocycles. The first-order valence-electron chi connectivity index (χ1n) is 5.89. The van der Waals surface area contributed by atoms with E-state index in [-0.39, 0.29) is 0 Å². The summed E-state index contributed by atoms with van der Waals surface area (Å²) in [6.45, 7) is 3.90. The molecule has 0 saturated carbocycles. The lowest BCUT2D eigenvalue weighted by molar-refractivity contribution is 0.372. The molecular formula is C12H17BrClN3. The Labute approximate surface area is 115 Å². The highest BCUT2D eigenvalue weighted by atomic mass is 79.9. The quantitative estimate of drug-likeness (QED) is 0.911. The number of aromatic nitrogens is 1. The zero-order chi connectivity index (χ0) is 12.4. The highest BCUT2D eigenvalue weighted by molar-refractivity contribution is 9.10. The summed E-state index contributed by atoms with van der Waals surface area (Å²) in [4.78, 5) is 6.70. The van der Waals surface area contributed by atoms with Gasteiger partial charge in [0, 0.05) is 23.3 Å². The molecule has 0 radical (unpaired) electrons. The summed E-state index contributed by atoms with van der Waals surface area (Å²) in [5, 5.41) is 0.698. The molecule has 0 aromatic carbocycles. The smallest absolute Gasteiger partial charge is 0.147 e. The minimum absolute atomic E-state index is 0.476. The first-order chi connectivity index (χ1) is 8.11. The van der Waals surface area contributed by atoms with Crippen molar-refractivity contribution in [2.45, 2.75) is 25.8 Å². The number of hydrogen-bond acceptors (Lipinski definition) is 3. The molecule has 2 rings (SSSR count). The number of piperidine rings is 1. The van der Waals surface area contributed by atoms with Crippen LogP contribution in [0, 0.1) is 5.92 Å². The third-order valence-electron chi connectivity index (χ3n) is 3.37. The van der Waals surface area contributed by atoms with Crippen LogP contribution in [0.4, 0.5) is 5.82 Å². The third kappa shape index (κ3) is 2.92. The Bertz CT molecular complexity index is 399. The Morgan fingerprint density at radius 1 is 1.59 bits per heavy atom. The molecule has 1 fully saturated rings. The number of rotatable bonds is 2. The van der Waals surface area contributed by atoms with Gasteiger partial charge in [-0.15, -0.1) is 0 Å². The second-order valence-corrected chi connectivity index (χ2v) is 5.96. The monoisotopic (exact) mass is 317 g/mol. The first kappa shape index (κ1) is 13.1. The maximum absolute atomic E-state index is 6.25. The van der Waals surface area contributed by atoms with Crippen molar-refractivity contribution in [1.29, 1.82) is 0 Å². The molecule has 5 heteroatoms. The fourth-order valence-electron chi connectivity index (χ4n) is 2.29. The molecular weight excluding hydrogens is 302 g/mol. The molecule has 0 aliphatic carbocycles. The number of halogens is 2. The van der Waals surface area contributed by atoms with Crippen LogP contribution in [-0.4, -0.2) is 24.1 Å². The fraction of sp³-hybridized carbons (Fsp3) is 0.583. The zero-order valence-electron chi connectivity index (χ0n) is 9.87. The van der Waals surface area contributed by atoms with Crippen LogP contribution in [-0.2, 0) is 0 Å². The lowest BCUT2D eigenvalue weighted by Crippen LogP contribution is -2.44. The van der Waals surface area contributed by atoms with Crippen molar-refractivity contribution in [2.24, 2.45) is 11.7 Å².